The second-order valence-electron chi connectivity index (χ2n) is 4.89. The second-order valence-corrected chi connectivity index (χ2v) is 4.89. The minimum atomic E-state index is -0.946. The van der Waals surface area contributed by atoms with E-state index in [0.717, 1.165) is 27.7 Å². The predicted molar refractivity (Wildman–Crippen MR) is 73.7 cm³/mol. The summed E-state index contributed by atoms with van der Waals surface area (Å²) in [7, 11) is 0. The van der Waals surface area contributed by atoms with E-state index in [2.05, 4.69) is 4.98 Å². The highest BCUT2D eigenvalue weighted by atomic mass is 16.4. The van der Waals surface area contributed by atoms with Gasteiger partial charge in [0, 0.05) is 28.6 Å². The third-order valence-corrected chi connectivity index (χ3v) is 3.40. The van der Waals surface area contributed by atoms with Crippen molar-refractivity contribution in [3.8, 4) is 0 Å². The standard InChI is InChI=1S/C15H17NO3/c1-8-4-5-9(2)15-13(8)14(10(3)16-15)11(17)6-7-12(18)19/h4-5,16H,6-7H2,1-3H3,(H,18,19). The molecule has 1 heterocycles. The van der Waals surface area contributed by atoms with Crippen LogP contribution in [-0.2, 0) is 4.79 Å². The van der Waals surface area contributed by atoms with Gasteiger partial charge in [0.15, 0.2) is 5.78 Å². The molecule has 0 amide bonds. The SMILES string of the molecule is Cc1[nH]c2c(C)ccc(C)c2c1C(=O)CCC(=O)O. The molecule has 0 unspecified atom stereocenters. The molecule has 0 saturated heterocycles. The van der Waals surface area contributed by atoms with Gasteiger partial charge >= 0.3 is 5.97 Å². The van der Waals surface area contributed by atoms with Gasteiger partial charge in [0.1, 0.15) is 0 Å². The normalized spacial score (nSPS) is 10.9. The van der Waals surface area contributed by atoms with Crippen LogP contribution in [0.2, 0.25) is 0 Å². The van der Waals surface area contributed by atoms with E-state index in [1.807, 2.05) is 32.9 Å². The number of nitrogens with one attached hydrogen (secondary N) is 1. The Morgan fingerprint density at radius 1 is 1.11 bits per heavy atom. The second kappa shape index (κ2) is 4.88. The van der Waals surface area contributed by atoms with Crippen molar-refractivity contribution in [1.82, 2.24) is 4.98 Å². The molecule has 0 fully saturated rings. The molecule has 0 radical (unpaired) electrons. The van der Waals surface area contributed by atoms with Crippen LogP contribution in [0.25, 0.3) is 10.9 Å². The Balaban J connectivity index is 2.54. The minimum absolute atomic E-state index is 0.0382. The van der Waals surface area contributed by atoms with Crippen LogP contribution in [0, 0.1) is 20.8 Å². The van der Waals surface area contributed by atoms with Crippen LogP contribution in [0.3, 0.4) is 0 Å². The highest BCUT2D eigenvalue weighted by Gasteiger charge is 2.19. The quantitative estimate of drug-likeness (QED) is 0.829. The summed E-state index contributed by atoms with van der Waals surface area (Å²) in [5.41, 5.74) is 4.53. The van der Waals surface area contributed by atoms with Crippen molar-refractivity contribution >= 4 is 22.7 Å². The molecule has 2 aromatic rings. The number of fused-ring (bicyclic) bond motifs is 1. The highest BCUT2D eigenvalue weighted by Crippen LogP contribution is 2.29. The van der Waals surface area contributed by atoms with Crippen molar-refractivity contribution in [1.29, 1.82) is 0 Å². The number of carbonyl (C=O) groups is 2. The molecule has 0 bridgehead atoms. The molecule has 0 spiro atoms. The van der Waals surface area contributed by atoms with Crippen LogP contribution in [0.4, 0.5) is 0 Å². The average molecular weight is 259 g/mol. The molecule has 0 aliphatic rings. The largest absolute Gasteiger partial charge is 0.481 e. The Morgan fingerprint density at radius 2 is 1.74 bits per heavy atom. The Kier molecular flexibility index (Phi) is 3.42. The fourth-order valence-corrected chi connectivity index (χ4v) is 2.43. The lowest BCUT2D eigenvalue weighted by atomic mass is 9.98. The number of rotatable bonds is 4. The Bertz CT molecular complexity index is 668. The van der Waals surface area contributed by atoms with Gasteiger partial charge in [-0.05, 0) is 31.9 Å². The predicted octanol–water partition coefficient (Wildman–Crippen LogP) is 3.14. The maximum atomic E-state index is 12.2. The van der Waals surface area contributed by atoms with E-state index in [1.165, 1.54) is 0 Å². The van der Waals surface area contributed by atoms with Gasteiger partial charge in [0.05, 0.1) is 6.42 Å². The first-order valence-corrected chi connectivity index (χ1v) is 6.25. The average Bonchev–Trinajstić information content (AvgIpc) is 2.69. The van der Waals surface area contributed by atoms with Crippen LogP contribution >= 0.6 is 0 Å². The molecule has 1 aromatic heterocycles. The van der Waals surface area contributed by atoms with Gasteiger partial charge in [-0.1, -0.05) is 12.1 Å². The monoisotopic (exact) mass is 259 g/mol. The van der Waals surface area contributed by atoms with Gasteiger partial charge in [0.2, 0.25) is 0 Å². The number of hydrogen-bond donors (Lipinski definition) is 2. The summed E-state index contributed by atoms with van der Waals surface area (Å²) in [6.07, 6.45) is -0.0910. The molecular weight excluding hydrogens is 242 g/mol. The zero-order valence-electron chi connectivity index (χ0n) is 11.3. The summed E-state index contributed by atoms with van der Waals surface area (Å²) >= 11 is 0. The number of aryl methyl sites for hydroxylation is 3. The van der Waals surface area contributed by atoms with Crippen LogP contribution in [0.15, 0.2) is 12.1 Å². The highest BCUT2D eigenvalue weighted by molar-refractivity contribution is 6.11. The molecule has 0 saturated carbocycles. The fraction of sp³-hybridized carbons (Fsp3) is 0.333. The maximum Gasteiger partial charge on any atom is 0.303 e. The van der Waals surface area contributed by atoms with Crippen molar-refractivity contribution < 1.29 is 14.7 Å². The number of hydrogen-bond acceptors (Lipinski definition) is 2. The van der Waals surface area contributed by atoms with Crippen molar-refractivity contribution in [2.24, 2.45) is 0 Å². The fourth-order valence-electron chi connectivity index (χ4n) is 2.43. The number of aliphatic carboxylic acids is 1. The molecule has 100 valence electrons. The first kappa shape index (κ1) is 13.3. The number of ketones is 1. The number of aromatic nitrogens is 1. The van der Waals surface area contributed by atoms with Gasteiger partial charge in [0.25, 0.3) is 0 Å². The Labute approximate surface area is 111 Å². The summed E-state index contributed by atoms with van der Waals surface area (Å²) in [4.78, 5) is 26.0. The van der Waals surface area contributed by atoms with E-state index in [9.17, 15) is 9.59 Å². The molecule has 4 heteroatoms. The lowest BCUT2D eigenvalue weighted by Gasteiger charge is -2.03. The van der Waals surface area contributed by atoms with E-state index >= 15 is 0 Å². The van der Waals surface area contributed by atoms with Crippen LogP contribution in [-0.4, -0.2) is 21.8 Å². The smallest absolute Gasteiger partial charge is 0.303 e. The number of carbonyl (C=O) groups excluding carboxylic acids is 1. The molecule has 0 atom stereocenters. The van der Waals surface area contributed by atoms with E-state index in [0.29, 0.717) is 5.56 Å². The van der Waals surface area contributed by atoms with Gasteiger partial charge in [-0.25, -0.2) is 0 Å². The zero-order valence-corrected chi connectivity index (χ0v) is 11.3. The van der Waals surface area contributed by atoms with Crippen molar-refractivity contribution in [3.05, 3.63) is 34.5 Å². The third kappa shape index (κ3) is 2.38. The van der Waals surface area contributed by atoms with E-state index in [4.69, 9.17) is 5.11 Å². The molecule has 4 nitrogen and oxygen atoms in total. The van der Waals surface area contributed by atoms with Crippen molar-refractivity contribution in [3.63, 3.8) is 0 Å². The van der Waals surface area contributed by atoms with E-state index in [-0.39, 0.29) is 18.6 Å². The molecule has 0 aliphatic heterocycles. The molecule has 2 rings (SSSR count). The summed E-state index contributed by atoms with van der Waals surface area (Å²) in [5, 5.41) is 9.61. The molecule has 1 aromatic carbocycles. The van der Waals surface area contributed by atoms with Crippen LogP contribution in [0.5, 0.6) is 0 Å². The number of carboxylic acids is 1. The third-order valence-electron chi connectivity index (χ3n) is 3.40. The minimum Gasteiger partial charge on any atom is -0.481 e. The Morgan fingerprint density at radius 3 is 2.37 bits per heavy atom. The summed E-state index contributed by atoms with van der Waals surface area (Å²) in [5.74, 6) is -1.06. The molecule has 19 heavy (non-hydrogen) atoms. The van der Waals surface area contributed by atoms with Gasteiger partial charge in [-0.3, -0.25) is 9.59 Å². The number of carboxylic acid groups (broad SMARTS) is 1. The summed E-state index contributed by atoms with van der Waals surface area (Å²) in [6, 6.07) is 4.00. The van der Waals surface area contributed by atoms with Gasteiger partial charge in [-0.15, -0.1) is 0 Å². The number of Topliss-reactive ketones (excluding diaryl/α,β-unsaturated/α-hetero) is 1. The number of benzene rings is 1. The summed E-state index contributed by atoms with van der Waals surface area (Å²) in [6.45, 7) is 5.80. The first-order valence-electron chi connectivity index (χ1n) is 6.25. The molecule has 0 aliphatic carbocycles. The van der Waals surface area contributed by atoms with Crippen molar-refractivity contribution in [2.45, 2.75) is 33.6 Å². The zero-order chi connectivity index (χ0) is 14.2. The lowest BCUT2D eigenvalue weighted by molar-refractivity contribution is -0.136. The Hall–Kier alpha value is -2.10. The van der Waals surface area contributed by atoms with Gasteiger partial charge in [-0.2, -0.15) is 0 Å². The topological polar surface area (TPSA) is 70.2 Å². The van der Waals surface area contributed by atoms with Crippen LogP contribution < -0.4 is 0 Å². The lowest BCUT2D eigenvalue weighted by Crippen LogP contribution is -2.05. The number of H-pyrrole nitrogens is 1. The van der Waals surface area contributed by atoms with Gasteiger partial charge < -0.3 is 10.1 Å². The number of aromatic amines is 1. The van der Waals surface area contributed by atoms with Crippen molar-refractivity contribution in [2.75, 3.05) is 0 Å². The maximum absolute atomic E-state index is 12.2. The van der Waals surface area contributed by atoms with E-state index < -0.39 is 5.97 Å². The molecule has 2 N–H and O–H groups in total. The van der Waals surface area contributed by atoms with Crippen LogP contribution in [0.1, 0.15) is 40.0 Å². The van der Waals surface area contributed by atoms with E-state index in [1.54, 1.807) is 0 Å². The summed E-state index contributed by atoms with van der Waals surface area (Å²) < 4.78 is 0. The first-order chi connectivity index (χ1) is 8.91. The molecular formula is C15H17NO3.